The number of nitrogens with one attached hydrogen (secondary N) is 1. The van der Waals surface area contributed by atoms with E-state index in [4.69, 9.17) is 4.74 Å². The van der Waals surface area contributed by atoms with E-state index in [1.807, 2.05) is 31.2 Å². The molecule has 1 rings (SSSR count). The van der Waals surface area contributed by atoms with Gasteiger partial charge in [-0.15, -0.1) is 11.8 Å². The lowest BCUT2D eigenvalue weighted by Crippen LogP contribution is -2.05. The highest BCUT2D eigenvalue weighted by molar-refractivity contribution is 7.99. The molecule has 1 N–H and O–H groups in total. The second-order valence-corrected chi connectivity index (χ2v) is 4.42. The van der Waals surface area contributed by atoms with Crippen molar-refractivity contribution in [2.24, 2.45) is 0 Å². The number of thioether (sulfide) groups is 1. The molecule has 88 valence electrons. The lowest BCUT2D eigenvalue weighted by molar-refractivity contribution is -0.114. The summed E-state index contributed by atoms with van der Waals surface area (Å²) in [6.07, 6.45) is 0. The summed E-state index contributed by atoms with van der Waals surface area (Å²) >= 11 is 1.75. The Morgan fingerprint density at radius 1 is 1.38 bits per heavy atom. The van der Waals surface area contributed by atoms with E-state index in [-0.39, 0.29) is 5.91 Å². The number of hydrogen-bond acceptors (Lipinski definition) is 3. The lowest BCUT2D eigenvalue weighted by atomic mass is 10.3. The molecule has 0 bridgehead atoms. The molecule has 16 heavy (non-hydrogen) atoms. The van der Waals surface area contributed by atoms with Crippen LogP contribution in [0.4, 0.5) is 5.69 Å². The molecule has 4 heteroatoms. The Morgan fingerprint density at radius 2 is 2.06 bits per heavy atom. The maximum Gasteiger partial charge on any atom is 0.221 e. The van der Waals surface area contributed by atoms with Crippen molar-refractivity contribution in [3.8, 4) is 0 Å². The van der Waals surface area contributed by atoms with E-state index in [1.54, 1.807) is 11.8 Å². The molecule has 0 saturated carbocycles. The molecule has 0 aromatic heterocycles. The van der Waals surface area contributed by atoms with Gasteiger partial charge in [-0.2, -0.15) is 0 Å². The average Bonchev–Trinajstić information content (AvgIpc) is 2.26. The maximum absolute atomic E-state index is 10.8. The van der Waals surface area contributed by atoms with Crippen LogP contribution in [-0.4, -0.2) is 24.9 Å². The number of anilines is 1. The number of ether oxygens (including phenoxy) is 1. The van der Waals surface area contributed by atoms with Gasteiger partial charge in [-0.25, -0.2) is 0 Å². The van der Waals surface area contributed by atoms with Crippen molar-refractivity contribution >= 4 is 23.4 Å². The zero-order valence-electron chi connectivity index (χ0n) is 9.66. The number of benzene rings is 1. The van der Waals surface area contributed by atoms with Gasteiger partial charge in [0.05, 0.1) is 6.61 Å². The Labute approximate surface area is 101 Å². The summed E-state index contributed by atoms with van der Waals surface area (Å²) in [6.45, 7) is 5.04. The first kappa shape index (κ1) is 13.1. The van der Waals surface area contributed by atoms with Gasteiger partial charge in [-0.3, -0.25) is 4.79 Å². The number of hydrogen-bond donors (Lipinski definition) is 1. The Hall–Kier alpha value is -1.00. The number of amides is 1. The molecule has 0 aliphatic rings. The minimum atomic E-state index is -0.0447. The van der Waals surface area contributed by atoms with Gasteiger partial charge in [0.15, 0.2) is 0 Å². The number of carbonyl (C=O) groups excluding carboxylic acids is 1. The molecule has 3 nitrogen and oxygen atoms in total. The summed E-state index contributed by atoms with van der Waals surface area (Å²) in [5.74, 6) is 0.907. The van der Waals surface area contributed by atoms with E-state index in [0.717, 1.165) is 24.7 Å². The second kappa shape index (κ2) is 7.30. The molecule has 0 spiro atoms. The van der Waals surface area contributed by atoms with E-state index in [0.29, 0.717) is 0 Å². The molecule has 0 heterocycles. The molecule has 1 aromatic rings. The van der Waals surface area contributed by atoms with Gasteiger partial charge < -0.3 is 10.1 Å². The smallest absolute Gasteiger partial charge is 0.221 e. The molecule has 0 aliphatic carbocycles. The Balaban J connectivity index is 2.36. The van der Waals surface area contributed by atoms with E-state index >= 15 is 0 Å². The van der Waals surface area contributed by atoms with Crippen LogP contribution < -0.4 is 5.32 Å². The fourth-order valence-corrected chi connectivity index (χ4v) is 1.97. The van der Waals surface area contributed by atoms with Crippen molar-refractivity contribution in [2.75, 3.05) is 24.3 Å². The molecule has 0 fully saturated rings. The highest BCUT2D eigenvalue weighted by Crippen LogP contribution is 2.19. The fourth-order valence-electron chi connectivity index (χ4n) is 1.20. The van der Waals surface area contributed by atoms with Crippen LogP contribution >= 0.6 is 11.8 Å². The molecule has 0 atom stereocenters. The van der Waals surface area contributed by atoms with Gasteiger partial charge in [0.1, 0.15) is 0 Å². The summed E-state index contributed by atoms with van der Waals surface area (Å²) < 4.78 is 5.25. The highest BCUT2D eigenvalue weighted by atomic mass is 32.2. The summed E-state index contributed by atoms with van der Waals surface area (Å²) in [5.41, 5.74) is 0.835. The second-order valence-electron chi connectivity index (χ2n) is 3.25. The molecule has 1 amide bonds. The summed E-state index contributed by atoms with van der Waals surface area (Å²) in [5, 5.41) is 2.74. The maximum atomic E-state index is 10.8. The van der Waals surface area contributed by atoms with Crippen LogP contribution in [0.1, 0.15) is 13.8 Å². The van der Waals surface area contributed by atoms with Crippen molar-refractivity contribution in [1.29, 1.82) is 0 Å². The van der Waals surface area contributed by atoms with Crippen molar-refractivity contribution in [1.82, 2.24) is 0 Å². The van der Waals surface area contributed by atoms with Crippen LogP contribution in [0.5, 0.6) is 0 Å². The SMILES string of the molecule is CCOCCSc1ccc(NC(C)=O)cc1. The quantitative estimate of drug-likeness (QED) is 0.613. The van der Waals surface area contributed by atoms with E-state index < -0.39 is 0 Å². The Morgan fingerprint density at radius 3 is 2.62 bits per heavy atom. The van der Waals surface area contributed by atoms with E-state index in [1.165, 1.54) is 11.8 Å². The monoisotopic (exact) mass is 239 g/mol. The van der Waals surface area contributed by atoms with Crippen LogP contribution in [0.15, 0.2) is 29.2 Å². The topological polar surface area (TPSA) is 38.3 Å². The Kier molecular flexibility index (Phi) is 5.96. The van der Waals surface area contributed by atoms with Gasteiger partial charge in [0, 0.05) is 29.9 Å². The van der Waals surface area contributed by atoms with Gasteiger partial charge in [0.25, 0.3) is 0 Å². The third-order valence-corrected chi connectivity index (χ3v) is 2.85. The highest BCUT2D eigenvalue weighted by Gasteiger charge is 1.97. The Bertz CT molecular complexity index is 324. The van der Waals surface area contributed by atoms with Crippen LogP contribution in [0.25, 0.3) is 0 Å². The zero-order chi connectivity index (χ0) is 11.8. The minimum absolute atomic E-state index is 0.0447. The van der Waals surface area contributed by atoms with Crippen LogP contribution in [0.2, 0.25) is 0 Å². The molecular weight excluding hydrogens is 222 g/mol. The van der Waals surface area contributed by atoms with Gasteiger partial charge in [-0.05, 0) is 31.2 Å². The van der Waals surface area contributed by atoms with Crippen molar-refractivity contribution in [2.45, 2.75) is 18.7 Å². The van der Waals surface area contributed by atoms with Crippen LogP contribution in [-0.2, 0) is 9.53 Å². The summed E-state index contributed by atoms with van der Waals surface area (Å²) in [4.78, 5) is 12.0. The molecule has 0 aliphatic heterocycles. The molecule has 0 radical (unpaired) electrons. The van der Waals surface area contributed by atoms with Crippen molar-refractivity contribution in [3.63, 3.8) is 0 Å². The van der Waals surface area contributed by atoms with Crippen molar-refractivity contribution in [3.05, 3.63) is 24.3 Å². The molecule has 0 unspecified atom stereocenters. The van der Waals surface area contributed by atoms with Crippen LogP contribution in [0.3, 0.4) is 0 Å². The lowest BCUT2D eigenvalue weighted by Gasteiger charge is -2.04. The molecular formula is C12H17NO2S. The number of rotatable bonds is 6. The van der Waals surface area contributed by atoms with Gasteiger partial charge in [-0.1, -0.05) is 0 Å². The first-order valence-corrected chi connectivity index (χ1v) is 6.29. The number of carbonyl (C=O) groups is 1. The predicted octanol–water partition coefficient (Wildman–Crippen LogP) is 2.77. The first-order chi connectivity index (χ1) is 7.72. The van der Waals surface area contributed by atoms with E-state index in [2.05, 4.69) is 5.32 Å². The van der Waals surface area contributed by atoms with Gasteiger partial charge >= 0.3 is 0 Å². The van der Waals surface area contributed by atoms with Crippen LogP contribution in [0, 0.1) is 0 Å². The normalized spacial score (nSPS) is 10.1. The van der Waals surface area contributed by atoms with Gasteiger partial charge in [0.2, 0.25) is 5.91 Å². The molecule has 1 aromatic carbocycles. The summed E-state index contributed by atoms with van der Waals surface area (Å²) in [7, 11) is 0. The zero-order valence-corrected chi connectivity index (χ0v) is 10.5. The molecule has 0 saturated heterocycles. The third kappa shape index (κ3) is 5.19. The average molecular weight is 239 g/mol. The largest absolute Gasteiger partial charge is 0.381 e. The summed E-state index contributed by atoms with van der Waals surface area (Å²) in [6, 6.07) is 7.82. The standard InChI is InChI=1S/C12H17NO2S/c1-3-15-8-9-16-12-6-4-11(5-7-12)13-10(2)14/h4-7H,3,8-9H2,1-2H3,(H,13,14). The third-order valence-electron chi connectivity index (χ3n) is 1.88. The van der Waals surface area contributed by atoms with Crippen molar-refractivity contribution < 1.29 is 9.53 Å². The minimum Gasteiger partial charge on any atom is -0.381 e. The fraction of sp³-hybridized carbons (Fsp3) is 0.417. The predicted molar refractivity (Wildman–Crippen MR) is 68.0 cm³/mol. The first-order valence-electron chi connectivity index (χ1n) is 5.30. The van der Waals surface area contributed by atoms with E-state index in [9.17, 15) is 4.79 Å².